The molecule has 0 aliphatic heterocycles. The normalized spacial score (nSPS) is 18.3. The van der Waals surface area contributed by atoms with E-state index in [-0.39, 0.29) is 5.91 Å². The van der Waals surface area contributed by atoms with E-state index >= 15 is 0 Å². The monoisotopic (exact) mass is 489 g/mol. The number of hydrogen-bond acceptors (Lipinski definition) is 5. The van der Waals surface area contributed by atoms with E-state index in [9.17, 15) is 4.79 Å². The summed E-state index contributed by atoms with van der Waals surface area (Å²) in [6, 6.07) is 4.88. The van der Waals surface area contributed by atoms with Crippen LogP contribution in [0.25, 0.3) is 0 Å². The minimum atomic E-state index is -0.140. The highest BCUT2D eigenvalue weighted by molar-refractivity contribution is 6.31. The van der Waals surface area contributed by atoms with Gasteiger partial charge in [0.15, 0.2) is 0 Å². The predicted molar refractivity (Wildman–Crippen MR) is 139 cm³/mol. The minimum Gasteiger partial charge on any atom is -0.480 e. The van der Waals surface area contributed by atoms with Crippen molar-refractivity contribution in [2.24, 2.45) is 0 Å². The van der Waals surface area contributed by atoms with Gasteiger partial charge in [0.1, 0.15) is 0 Å². The fraction of sp³-hybridized carbons (Fsp3) is 0.615. The number of aryl methyl sites for hydroxylation is 1. The number of rotatable bonds is 9. The van der Waals surface area contributed by atoms with Gasteiger partial charge in [-0.15, -0.1) is 5.10 Å². The number of ether oxygens (including phenoxy) is 1. The van der Waals surface area contributed by atoms with Gasteiger partial charge in [0.25, 0.3) is 5.91 Å². The Balaban J connectivity index is 1.81. The van der Waals surface area contributed by atoms with E-state index < -0.39 is 0 Å². The number of carbonyl (C=O) groups is 1. The summed E-state index contributed by atoms with van der Waals surface area (Å²) in [4.78, 5) is 18.0. The number of benzene rings is 1. The molecule has 8 heteroatoms. The zero-order valence-corrected chi connectivity index (χ0v) is 22.5. The van der Waals surface area contributed by atoms with E-state index in [1.54, 1.807) is 13.2 Å². The van der Waals surface area contributed by atoms with Gasteiger partial charge in [-0.05, 0) is 85.2 Å². The lowest BCUT2D eigenvalue weighted by Gasteiger charge is -2.40. The zero-order chi connectivity index (χ0) is 25.0. The molecule has 3 rings (SSSR count). The molecule has 188 valence electrons. The molecule has 1 N–H and O–H groups in total. The molecule has 0 spiro atoms. The van der Waals surface area contributed by atoms with E-state index in [1.807, 2.05) is 31.5 Å². The first-order valence-corrected chi connectivity index (χ1v) is 12.7. The average molecular weight is 490 g/mol. The topological polar surface area (TPSA) is 62.6 Å². The molecular weight excluding hydrogens is 450 g/mol. The maximum absolute atomic E-state index is 13.3. The fourth-order valence-electron chi connectivity index (χ4n) is 5.21. The first kappa shape index (κ1) is 26.4. The Labute approximate surface area is 209 Å². The van der Waals surface area contributed by atoms with Crippen LogP contribution in [-0.2, 0) is 13.1 Å². The number of halogens is 1. The second-order valence-electron chi connectivity index (χ2n) is 9.38. The Kier molecular flexibility index (Phi) is 8.88. The second kappa shape index (κ2) is 11.5. The average Bonchev–Trinajstić information content (AvgIpc) is 3.14. The maximum Gasteiger partial charge on any atom is 0.251 e. The van der Waals surface area contributed by atoms with Crippen molar-refractivity contribution in [3.8, 4) is 5.88 Å². The van der Waals surface area contributed by atoms with Gasteiger partial charge in [0, 0.05) is 47.1 Å². The molecule has 1 aliphatic rings. The molecule has 1 aromatic carbocycles. The number of anilines is 1. The number of carbonyl (C=O) groups excluding carboxylic acids is 1. The van der Waals surface area contributed by atoms with Crippen LogP contribution in [0.5, 0.6) is 5.88 Å². The van der Waals surface area contributed by atoms with Gasteiger partial charge in [-0.2, -0.15) is 0 Å². The Bertz CT molecular complexity index is 996. The number of nitrogens with one attached hydrogen (secondary N) is 1. The molecule has 7 nitrogen and oxygen atoms in total. The van der Waals surface area contributed by atoms with E-state index in [0.29, 0.717) is 35.1 Å². The van der Waals surface area contributed by atoms with Gasteiger partial charge < -0.3 is 19.9 Å². The van der Waals surface area contributed by atoms with Gasteiger partial charge >= 0.3 is 0 Å². The van der Waals surface area contributed by atoms with E-state index in [2.05, 4.69) is 41.2 Å². The van der Waals surface area contributed by atoms with Gasteiger partial charge in [-0.3, -0.25) is 9.48 Å². The lowest BCUT2D eigenvalue weighted by atomic mass is 9.89. The summed E-state index contributed by atoms with van der Waals surface area (Å²) in [5, 5.41) is 8.10. The Hall–Kier alpha value is -2.25. The molecule has 1 aliphatic carbocycles. The van der Waals surface area contributed by atoms with Crippen LogP contribution in [0.15, 0.2) is 12.1 Å². The van der Waals surface area contributed by atoms with Gasteiger partial charge in [0.05, 0.1) is 19.2 Å². The summed E-state index contributed by atoms with van der Waals surface area (Å²) in [6.07, 6.45) is 4.66. The minimum absolute atomic E-state index is 0.140. The summed E-state index contributed by atoms with van der Waals surface area (Å²) >= 11 is 6.54. The highest BCUT2D eigenvalue weighted by atomic mass is 35.5. The summed E-state index contributed by atoms with van der Waals surface area (Å²) < 4.78 is 7.31. The van der Waals surface area contributed by atoms with Crippen LogP contribution in [0.3, 0.4) is 0 Å². The molecule has 0 atom stereocenters. The van der Waals surface area contributed by atoms with Gasteiger partial charge in [-0.25, -0.2) is 0 Å². The third-order valence-electron chi connectivity index (χ3n) is 7.29. The molecule has 2 aromatic rings. The zero-order valence-electron chi connectivity index (χ0n) is 21.7. The van der Waals surface area contributed by atoms with E-state index in [4.69, 9.17) is 16.3 Å². The van der Waals surface area contributed by atoms with Crippen LogP contribution in [0.4, 0.5) is 5.69 Å². The van der Waals surface area contributed by atoms with E-state index in [1.165, 1.54) is 12.8 Å². The first-order valence-electron chi connectivity index (χ1n) is 12.3. The second-order valence-corrected chi connectivity index (χ2v) is 9.82. The van der Waals surface area contributed by atoms with Crippen molar-refractivity contribution in [2.75, 3.05) is 32.6 Å². The summed E-state index contributed by atoms with van der Waals surface area (Å²) in [7, 11) is 5.93. The number of nitrogens with zero attached hydrogens (tertiary/aromatic N) is 4. The predicted octanol–water partition coefficient (Wildman–Crippen LogP) is 4.81. The van der Waals surface area contributed by atoms with Crippen molar-refractivity contribution in [1.82, 2.24) is 20.0 Å². The standard InChI is InChI=1S/C26H40ClN5O2/c1-8-31(21-12-10-20(11-13-21)30(5)6)24-15-19(27)14-22(17(24)3)25(33)28-16-23-18(4)32(9-2)29-26(23)34-7/h14-15,20-21H,8-13,16H2,1-7H3,(H,28,33). The summed E-state index contributed by atoms with van der Waals surface area (Å²) in [5.41, 5.74) is 4.52. The smallest absolute Gasteiger partial charge is 0.251 e. The molecule has 0 unspecified atom stereocenters. The third-order valence-corrected chi connectivity index (χ3v) is 7.51. The van der Waals surface area contributed by atoms with Crippen molar-refractivity contribution >= 4 is 23.2 Å². The molecular formula is C26H40ClN5O2. The number of hydrogen-bond donors (Lipinski definition) is 1. The van der Waals surface area contributed by atoms with Crippen molar-refractivity contribution in [3.63, 3.8) is 0 Å². The Morgan fingerprint density at radius 2 is 1.82 bits per heavy atom. The number of aromatic nitrogens is 2. The van der Waals surface area contributed by atoms with Crippen LogP contribution < -0.4 is 15.0 Å². The fourth-order valence-corrected chi connectivity index (χ4v) is 5.42. The van der Waals surface area contributed by atoms with Gasteiger partial charge in [-0.1, -0.05) is 11.6 Å². The molecule has 0 saturated heterocycles. The lowest BCUT2D eigenvalue weighted by molar-refractivity contribution is 0.0950. The lowest BCUT2D eigenvalue weighted by Crippen LogP contribution is -2.42. The van der Waals surface area contributed by atoms with Crippen molar-refractivity contribution in [1.29, 1.82) is 0 Å². The van der Waals surface area contributed by atoms with Crippen molar-refractivity contribution < 1.29 is 9.53 Å². The number of amides is 1. The quantitative estimate of drug-likeness (QED) is 0.547. The van der Waals surface area contributed by atoms with E-state index in [0.717, 1.165) is 48.4 Å². The number of methoxy groups -OCH3 is 1. The van der Waals surface area contributed by atoms with Gasteiger partial charge in [0.2, 0.25) is 5.88 Å². The van der Waals surface area contributed by atoms with Crippen LogP contribution in [-0.4, -0.2) is 60.4 Å². The maximum atomic E-state index is 13.3. The highest BCUT2D eigenvalue weighted by Crippen LogP contribution is 2.34. The van der Waals surface area contributed by atoms with Crippen LogP contribution >= 0.6 is 11.6 Å². The molecule has 0 bridgehead atoms. The molecule has 1 fully saturated rings. The third kappa shape index (κ3) is 5.52. The summed E-state index contributed by atoms with van der Waals surface area (Å²) in [6.45, 7) is 10.2. The van der Waals surface area contributed by atoms with Crippen LogP contribution in [0.2, 0.25) is 5.02 Å². The van der Waals surface area contributed by atoms with Crippen LogP contribution in [0, 0.1) is 13.8 Å². The molecule has 1 heterocycles. The molecule has 1 saturated carbocycles. The molecule has 1 aromatic heterocycles. The Morgan fingerprint density at radius 3 is 2.38 bits per heavy atom. The van der Waals surface area contributed by atoms with Crippen molar-refractivity contribution in [3.05, 3.63) is 39.5 Å². The Morgan fingerprint density at radius 1 is 1.18 bits per heavy atom. The SMILES string of the molecule is CCN(c1cc(Cl)cc(C(=O)NCc2c(OC)nn(CC)c2C)c1C)C1CCC(N(C)C)CC1. The van der Waals surface area contributed by atoms with Crippen molar-refractivity contribution in [2.45, 2.75) is 78.6 Å². The summed E-state index contributed by atoms with van der Waals surface area (Å²) in [5.74, 6) is 0.410. The molecule has 0 radical (unpaired) electrons. The highest BCUT2D eigenvalue weighted by Gasteiger charge is 2.28. The molecule has 1 amide bonds. The molecule has 34 heavy (non-hydrogen) atoms. The van der Waals surface area contributed by atoms with Crippen LogP contribution in [0.1, 0.15) is 66.7 Å². The first-order chi connectivity index (χ1) is 16.2. The largest absolute Gasteiger partial charge is 0.480 e.